The Labute approximate surface area is 160 Å². The van der Waals surface area contributed by atoms with E-state index in [0.29, 0.717) is 17.3 Å². The monoisotopic (exact) mass is 380 g/mol. The summed E-state index contributed by atoms with van der Waals surface area (Å²) in [4.78, 5) is 13.0. The molecule has 0 aliphatic carbocycles. The molecule has 5 heteroatoms. The van der Waals surface area contributed by atoms with Crippen LogP contribution in [0, 0.1) is 6.92 Å². The number of hydrogen-bond donors (Lipinski definition) is 1. The number of fused-ring (bicyclic) bond motifs is 1. The van der Waals surface area contributed by atoms with Crippen molar-refractivity contribution in [1.82, 2.24) is 4.57 Å². The van der Waals surface area contributed by atoms with Gasteiger partial charge in [-0.1, -0.05) is 41.9 Å². The van der Waals surface area contributed by atoms with Crippen molar-refractivity contribution in [3.63, 3.8) is 0 Å². The molecule has 2 aromatic carbocycles. The molecule has 0 saturated heterocycles. The van der Waals surface area contributed by atoms with Gasteiger partial charge in [-0.25, -0.2) is 0 Å². The van der Waals surface area contributed by atoms with Crippen molar-refractivity contribution in [2.75, 3.05) is 5.32 Å². The van der Waals surface area contributed by atoms with Crippen molar-refractivity contribution < 1.29 is 4.79 Å². The van der Waals surface area contributed by atoms with Crippen LogP contribution in [0.15, 0.2) is 66.0 Å². The van der Waals surface area contributed by atoms with Crippen molar-refractivity contribution in [3.05, 3.63) is 87.9 Å². The van der Waals surface area contributed by atoms with E-state index in [0.717, 1.165) is 27.0 Å². The smallest absolute Gasteiger partial charge is 0.272 e. The fraction of sp³-hybridized carbons (Fsp3) is 0.0952. The molecule has 0 unspecified atom stereocenters. The number of aryl methyl sites for hydroxylation is 1. The maximum Gasteiger partial charge on any atom is 0.272 e. The van der Waals surface area contributed by atoms with Crippen molar-refractivity contribution in [2.45, 2.75) is 13.5 Å². The average Bonchev–Trinajstić information content (AvgIpc) is 3.21. The molecule has 0 saturated carbocycles. The topological polar surface area (TPSA) is 34.0 Å². The normalized spacial score (nSPS) is 11.0. The van der Waals surface area contributed by atoms with E-state index in [1.807, 2.05) is 66.9 Å². The van der Waals surface area contributed by atoms with Gasteiger partial charge in [0.25, 0.3) is 5.91 Å². The number of carbonyl (C=O) groups is 1. The van der Waals surface area contributed by atoms with E-state index < -0.39 is 0 Å². The minimum absolute atomic E-state index is 0.100. The van der Waals surface area contributed by atoms with Crippen LogP contribution in [-0.2, 0) is 6.54 Å². The summed E-state index contributed by atoms with van der Waals surface area (Å²) in [6, 6.07) is 19.5. The number of nitrogens with zero attached hydrogens (tertiary/aromatic N) is 1. The van der Waals surface area contributed by atoms with Gasteiger partial charge in [0.05, 0.1) is 10.2 Å². The highest BCUT2D eigenvalue weighted by Crippen LogP contribution is 2.27. The summed E-state index contributed by atoms with van der Waals surface area (Å²) in [5, 5.41) is 5.79. The van der Waals surface area contributed by atoms with Gasteiger partial charge in [-0.2, -0.15) is 0 Å². The zero-order chi connectivity index (χ0) is 18.1. The highest BCUT2D eigenvalue weighted by Gasteiger charge is 2.17. The van der Waals surface area contributed by atoms with Crippen LogP contribution in [0.25, 0.3) is 10.2 Å². The predicted octanol–water partition coefficient (Wildman–Crippen LogP) is 5.97. The summed E-state index contributed by atoms with van der Waals surface area (Å²) in [6.07, 6.45) is 0. The number of thiophene rings is 1. The number of aromatic nitrogens is 1. The first-order valence-electron chi connectivity index (χ1n) is 8.30. The molecule has 1 N–H and O–H groups in total. The van der Waals surface area contributed by atoms with Crippen LogP contribution in [0.1, 0.15) is 21.6 Å². The van der Waals surface area contributed by atoms with Gasteiger partial charge in [0, 0.05) is 17.3 Å². The maximum atomic E-state index is 13.0. The van der Waals surface area contributed by atoms with E-state index in [4.69, 9.17) is 11.6 Å². The second kappa shape index (κ2) is 6.98. The highest BCUT2D eigenvalue weighted by atomic mass is 35.5. The molecule has 2 heterocycles. The van der Waals surface area contributed by atoms with Crippen LogP contribution in [0.3, 0.4) is 0 Å². The molecule has 0 atom stereocenters. The number of anilines is 1. The zero-order valence-electron chi connectivity index (χ0n) is 14.2. The van der Waals surface area contributed by atoms with Crippen LogP contribution in [-0.4, -0.2) is 10.5 Å². The lowest BCUT2D eigenvalue weighted by atomic mass is 10.2. The molecule has 26 heavy (non-hydrogen) atoms. The predicted molar refractivity (Wildman–Crippen MR) is 110 cm³/mol. The fourth-order valence-corrected chi connectivity index (χ4v) is 3.96. The van der Waals surface area contributed by atoms with Gasteiger partial charge in [0.2, 0.25) is 0 Å². The molecule has 0 radical (unpaired) electrons. The molecule has 0 bridgehead atoms. The number of benzene rings is 2. The number of nitrogens with one attached hydrogen (secondary N) is 1. The van der Waals surface area contributed by atoms with Gasteiger partial charge in [0.15, 0.2) is 0 Å². The summed E-state index contributed by atoms with van der Waals surface area (Å²) >= 11 is 7.63. The lowest BCUT2D eigenvalue weighted by molar-refractivity contribution is 0.101. The van der Waals surface area contributed by atoms with Gasteiger partial charge in [0.1, 0.15) is 5.69 Å². The molecular weight excluding hydrogens is 364 g/mol. The first-order chi connectivity index (χ1) is 12.6. The molecule has 4 aromatic rings. The van der Waals surface area contributed by atoms with Crippen LogP contribution < -0.4 is 5.32 Å². The molecular formula is C21H17ClN2OS. The molecule has 3 nitrogen and oxygen atoms in total. The van der Waals surface area contributed by atoms with Crippen LogP contribution in [0.5, 0.6) is 0 Å². The summed E-state index contributed by atoms with van der Waals surface area (Å²) in [7, 11) is 0. The molecule has 0 aliphatic heterocycles. The Balaban J connectivity index is 1.70. The SMILES string of the molecule is Cc1ccccc1NC(=O)c1cc2sccc2n1Cc1ccc(Cl)cc1. The summed E-state index contributed by atoms with van der Waals surface area (Å²) in [5.74, 6) is -0.100. The van der Waals surface area contributed by atoms with Crippen LogP contribution >= 0.6 is 22.9 Å². The quantitative estimate of drug-likeness (QED) is 0.465. The first kappa shape index (κ1) is 16.9. The van der Waals surface area contributed by atoms with Crippen LogP contribution in [0.2, 0.25) is 5.02 Å². The van der Waals surface area contributed by atoms with Crippen molar-refractivity contribution >= 4 is 44.7 Å². The van der Waals surface area contributed by atoms with E-state index in [-0.39, 0.29) is 5.91 Å². The van der Waals surface area contributed by atoms with E-state index in [1.54, 1.807) is 11.3 Å². The van der Waals surface area contributed by atoms with Gasteiger partial charge < -0.3 is 9.88 Å². The maximum absolute atomic E-state index is 13.0. The minimum Gasteiger partial charge on any atom is -0.331 e. The second-order valence-electron chi connectivity index (χ2n) is 6.18. The van der Waals surface area contributed by atoms with Crippen molar-refractivity contribution in [1.29, 1.82) is 0 Å². The molecule has 4 rings (SSSR count). The summed E-state index contributed by atoms with van der Waals surface area (Å²) in [6.45, 7) is 2.61. The van der Waals surface area contributed by atoms with Gasteiger partial charge in [-0.05, 0) is 53.8 Å². The number of para-hydroxylation sites is 1. The third-order valence-corrected chi connectivity index (χ3v) is 5.51. The van der Waals surface area contributed by atoms with E-state index in [2.05, 4.69) is 16.0 Å². The first-order valence-corrected chi connectivity index (χ1v) is 9.56. The Morgan fingerprint density at radius 1 is 1.12 bits per heavy atom. The summed E-state index contributed by atoms with van der Waals surface area (Å²) in [5.41, 5.74) is 4.70. The van der Waals surface area contributed by atoms with Crippen LogP contribution in [0.4, 0.5) is 5.69 Å². The highest BCUT2D eigenvalue weighted by molar-refractivity contribution is 7.17. The van der Waals surface area contributed by atoms with E-state index in [1.165, 1.54) is 0 Å². The van der Waals surface area contributed by atoms with Gasteiger partial charge >= 0.3 is 0 Å². The van der Waals surface area contributed by atoms with E-state index in [9.17, 15) is 4.79 Å². The number of amides is 1. The Morgan fingerprint density at radius 3 is 2.65 bits per heavy atom. The fourth-order valence-electron chi connectivity index (χ4n) is 3.01. The molecule has 2 aromatic heterocycles. The Hall–Kier alpha value is -2.56. The Bertz CT molecular complexity index is 1080. The number of rotatable bonds is 4. The van der Waals surface area contributed by atoms with Crippen molar-refractivity contribution in [2.24, 2.45) is 0 Å². The van der Waals surface area contributed by atoms with Crippen molar-refractivity contribution in [3.8, 4) is 0 Å². The third-order valence-electron chi connectivity index (χ3n) is 4.40. The largest absolute Gasteiger partial charge is 0.331 e. The average molecular weight is 381 g/mol. The molecule has 130 valence electrons. The Kier molecular flexibility index (Phi) is 4.53. The lowest BCUT2D eigenvalue weighted by Gasteiger charge is -2.12. The minimum atomic E-state index is -0.100. The number of carbonyl (C=O) groups excluding carboxylic acids is 1. The van der Waals surface area contributed by atoms with Gasteiger partial charge in [-0.15, -0.1) is 11.3 Å². The number of halogens is 1. The molecule has 1 amide bonds. The Morgan fingerprint density at radius 2 is 1.88 bits per heavy atom. The number of hydrogen-bond acceptors (Lipinski definition) is 2. The molecule has 0 fully saturated rings. The van der Waals surface area contributed by atoms with Gasteiger partial charge in [-0.3, -0.25) is 4.79 Å². The zero-order valence-corrected chi connectivity index (χ0v) is 15.8. The second-order valence-corrected chi connectivity index (χ2v) is 7.57. The standard InChI is InChI=1S/C21H17ClN2OS/c1-14-4-2-3-5-17(14)23-21(25)19-12-20-18(10-11-26-20)24(19)13-15-6-8-16(22)9-7-15/h2-12H,13H2,1H3,(H,23,25). The third kappa shape index (κ3) is 3.26. The van der Waals surface area contributed by atoms with E-state index >= 15 is 0 Å². The lowest BCUT2D eigenvalue weighted by Crippen LogP contribution is -2.18. The molecule has 0 spiro atoms. The molecule has 0 aliphatic rings. The summed E-state index contributed by atoms with van der Waals surface area (Å²) < 4.78 is 3.16.